The van der Waals surface area contributed by atoms with E-state index in [1.165, 1.54) is 5.56 Å². The van der Waals surface area contributed by atoms with Gasteiger partial charge in [-0.05, 0) is 54.3 Å². The molecule has 0 fully saturated rings. The molecule has 3 nitrogen and oxygen atoms in total. The van der Waals surface area contributed by atoms with Gasteiger partial charge in [0.25, 0.3) is 0 Å². The molecule has 0 aliphatic heterocycles. The summed E-state index contributed by atoms with van der Waals surface area (Å²) in [7, 11) is 3.22. The van der Waals surface area contributed by atoms with Crippen molar-refractivity contribution >= 4 is 6.08 Å². The smallest absolute Gasteiger partial charge is 0.160 e. The van der Waals surface area contributed by atoms with Gasteiger partial charge in [-0.15, -0.1) is 0 Å². The summed E-state index contributed by atoms with van der Waals surface area (Å²) in [6, 6.07) is 11.5. The van der Waals surface area contributed by atoms with Gasteiger partial charge < -0.3 is 14.6 Å². The number of aryl methyl sites for hydroxylation is 1. The van der Waals surface area contributed by atoms with E-state index in [9.17, 15) is 5.11 Å². The van der Waals surface area contributed by atoms with Crippen LogP contribution in [0, 0.1) is 6.92 Å². The fourth-order valence-corrected chi connectivity index (χ4v) is 2.17. The van der Waals surface area contributed by atoms with E-state index in [4.69, 9.17) is 9.47 Å². The number of phenols is 1. The number of phenolic OH excluding ortho intramolecular Hbond substituents is 1. The van der Waals surface area contributed by atoms with Crippen molar-refractivity contribution in [3.63, 3.8) is 0 Å². The third kappa shape index (κ3) is 4.02. The normalized spacial score (nSPS) is 10.8. The van der Waals surface area contributed by atoms with Crippen molar-refractivity contribution in [2.75, 3.05) is 14.2 Å². The quantitative estimate of drug-likeness (QED) is 0.902. The van der Waals surface area contributed by atoms with E-state index >= 15 is 0 Å². The first-order valence-corrected chi connectivity index (χ1v) is 6.80. The first kappa shape index (κ1) is 15.0. The fourth-order valence-electron chi connectivity index (χ4n) is 2.17. The van der Waals surface area contributed by atoms with E-state index in [0.29, 0.717) is 5.75 Å². The van der Waals surface area contributed by atoms with Crippen LogP contribution in [0.1, 0.15) is 16.7 Å². The van der Waals surface area contributed by atoms with Gasteiger partial charge in [-0.25, -0.2) is 0 Å². The van der Waals surface area contributed by atoms with Crippen LogP contribution in [0.5, 0.6) is 17.2 Å². The standard InChI is InChI=1S/C18H20O3/c1-13-9-15(11-16(10-13)20-2)6-4-5-14-7-8-17(19)18(12-14)21-3/h4,6-12,19H,5H2,1-3H3/b6-4+. The average molecular weight is 284 g/mol. The van der Waals surface area contributed by atoms with Crippen LogP contribution in [-0.2, 0) is 6.42 Å². The van der Waals surface area contributed by atoms with E-state index < -0.39 is 0 Å². The molecule has 0 spiro atoms. The van der Waals surface area contributed by atoms with Crippen LogP contribution in [-0.4, -0.2) is 19.3 Å². The van der Waals surface area contributed by atoms with Gasteiger partial charge in [0.15, 0.2) is 11.5 Å². The Bertz CT molecular complexity index is 645. The van der Waals surface area contributed by atoms with Gasteiger partial charge in [0, 0.05) is 0 Å². The van der Waals surface area contributed by atoms with Gasteiger partial charge in [0.05, 0.1) is 14.2 Å². The van der Waals surface area contributed by atoms with Gasteiger partial charge in [-0.3, -0.25) is 0 Å². The Labute approximate surface area is 125 Å². The Morgan fingerprint density at radius 2 is 1.86 bits per heavy atom. The van der Waals surface area contributed by atoms with Crippen molar-refractivity contribution in [3.8, 4) is 17.2 Å². The van der Waals surface area contributed by atoms with Crippen molar-refractivity contribution in [2.45, 2.75) is 13.3 Å². The van der Waals surface area contributed by atoms with Crippen LogP contribution in [0.2, 0.25) is 0 Å². The van der Waals surface area contributed by atoms with E-state index in [2.05, 4.69) is 18.2 Å². The summed E-state index contributed by atoms with van der Waals surface area (Å²) < 4.78 is 10.4. The molecule has 3 heteroatoms. The highest BCUT2D eigenvalue weighted by Gasteiger charge is 2.01. The zero-order valence-electron chi connectivity index (χ0n) is 12.6. The third-order valence-corrected chi connectivity index (χ3v) is 3.22. The number of allylic oxidation sites excluding steroid dienone is 1. The fraction of sp³-hybridized carbons (Fsp3) is 0.222. The zero-order valence-corrected chi connectivity index (χ0v) is 12.6. The van der Waals surface area contributed by atoms with Crippen LogP contribution in [0.15, 0.2) is 42.5 Å². The van der Waals surface area contributed by atoms with Crippen LogP contribution in [0.3, 0.4) is 0 Å². The average Bonchev–Trinajstić information content (AvgIpc) is 2.48. The second kappa shape index (κ2) is 6.84. The number of benzene rings is 2. The van der Waals surface area contributed by atoms with E-state index in [1.807, 2.05) is 31.2 Å². The van der Waals surface area contributed by atoms with E-state index in [-0.39, 0.29) is 5.75 Å². The van der Waals surface area contributed by atoms with Crippen molar-refractivity contribution in [3.05, 3.63) is 59.2 Å². The van der Waals surface area contributed by atoms with Crippen LogP contribution >= 0.6 is 0 Å². The molecule has 0 amide bonds. The molecule has 2 aromatic rings. The monoisotopic (exact) mass is 284 g/mol. The number of aromatic hydroxyl groups is 1. The van der Waals surface area contributed by atoms with Gasteiger partial charge in [0.1, 0.15) is 5.75 Å². The molecule has 0 aliphatic carbocycles. The Morgan fingerprint density at radius 3 is 2.57 bits per heavy atom. The molecule has 0 saturated heterocycles. The van der Waals surface area contributed by atoms with E-state index in [0.717, 1.165) is 23.3 Å². The summed E-state index contributed by atoms with van der Waals surface area (Å²) in [6.07, 6.45) is 4.92. The summed E-state index contributed by atoms with van der Waals surface area (Å²) in [5.41, 5.74) is 3.36. The lowest BCUT2D eigenvalue weighted by Crippen LogP contribution is -1.87. The molecule has 0 aromatic heterocycles. The Morgan fingerprint density at radius 1 is 1.05 bits per heavy atom. The minimum Gasteiger partial charge on any atom is -0.504 e. The molecule has 1 N–H and O–H groups in total. The first-order valence-electron chi connectivity index (χ1n) is 6.80. The number of methoxy groups -OCH3 is 2. The molecule has 0 unspecified atom stereocenters. The minimum absolute atomic E-state index is 0.161. The van der Waals surface area contributed by atoms with Gasteiger partial charge in [-0.2, -0.15) is 0 Å². The van der Waals surface area contributed by atoms with Crippen LogP contribution in [0.4, 0.5) is 0 Å². The lowest BCUT2D eigenvalue weighted by molar-refractivity contribution is 0.373. The maximum absolute atomic E-state index is 9.57. The molecule has 0 atom stereocenters. The SMILES string of the molecule is COc1cc(C)cc(/C=C/Cc2ccc(O)c(OC)c2)c1. The molecule has 2 aromatic carbocycles. The Balaban J connectivity index is 2.10. The molecule has 0 aliphatic rings. The molecule has 110 valence electrons. The Hall–Kier alpha value is -2.42. The molecule has 0 bridgehead atoms. The van der Waals surface area contributed by atoms with Crippen molar-refractivity contribution < 1.29 is 14.6 Å². The van der Waals surface area contributed by atoms with Crippen LogP contribution < -0.4 is 9.47 Å². The maximum atomic E-state index is 9.57. The molecule has 0 radical (unpaired) electrons. The lowest BCUT2D eigenvalue weighted by Gasteiger charge is -2.05. The minimum atomic E-state index is 0.161. The molecule has 0 saturated carbocycles. The zero-order chi connectivity index (χ0) is 15.2. The van der Waals surface area contributed by atoms with Crippen LogP contribution in [0.25, 0.3) is 6.08 Å². The number of ether oxygens (including phenoxy) is 2. The molecular formula is C18H20O3. The summed E-state index contributed by atoms with van der Waals surface area (Å²) >= 11 is 0. The molecular weight excluding hydrogens is 264 g/mol. The highest BCUT2D eigenvalue weighted by molar-refractivity contribution is 5.54. The predicted octanol–water partition coefficient (Wildman–Crippen LogP) is 3.97. The van der Waals surface area contributed by atoms with Crippen molar-refractivity contribution in [1.29, 1.82) is 0 Å². The molecule has 2 rings (SSSR count). The lowest BCUT2D eigenvalue weighted by atomic mass is 10.1. The first-order chi connectivity index (χ1) is 10.1. The Kier molecular flexibility index (Phi) is 4.88. The van der Waals surface area contributed by atoms with Gasteiger partial charge >= 0.3 is 0 Å². The topological polar surface area (TPSA) is 38.7 Å². The number of hydrogen-bond donors (Lipinski definition) is 1. The third-order valence-electron chi connectivity index (χ3n) is 3.22. The number of hydrogen-bond acceptors (Lipinski definition) is 3. The summed E-state index contributed by atoms with van der Waals surface area (Å²) in [5.74, 6) is 1.52. The highest BCUT2D eigenvalue weighted by Crippen LogP contribution is 2.26. The maximum Gasteiger partial charge on any atom is 0.160 e. The van der Waals surface area contributed by atoms with E-state index in [1.54, 1.807) is 20.3 Å². The predicted molar refractivity (Wildman–Crippen MR) is 85.1 cm³/mol. The second-order valence-electron chi connectivity index (χ2n) is 4.90. The highest BCUT2D eigenvalue weighted by atomic mass is 16.5. The van der Waals surface area contributed by atoms with Gasteiger partial charge in [-0.1, -0.05) is 24.3 Å². The number of rotatable bonds is 5. The summed E-state index contributed by atoms with van der Waals surface area (Å²) in [5, 5.41) is 9.57. The molecule has 0 heterocycles. The summed E-state index contributed by atoms with van der Waals surface area (Å²) in [4.78, 5) is 0. The van der Waals surface area contributed by atoms with Crippen molar-refractivity contribution in [2.24, 2.45) is 0 Å². The summed E-state index contributed by atoms with van der Waals surface area (Å²) in [6.45, 7) is 2.05. The largest absolute Gasteiger partial charge is 0.504 e. The second-order valence-corrected chi connectivity index (χ2v) is 4.90. The van der Waals surface area contributed by atoms with Gasteiger partial charge in [0.2, 0.25) is 0 Å². The molecule has 21 heavy (non-hydrogen) atoms. The van der Waals surface area contributed by atoms with Crippen molar-refractivity contribution in [1.82, 2.24) is 0 Å².